The number of aliphatic carboxylic acids is 1. The van der Waals surface area contributed by atoms with E-state index in [1.54, 1.807) is 30.3 Å². The van der Waals surface area contributed by atoms with Crippen molar-refractivity contribution in [2.45, 2.75) is 65.0 Å². The molecule has 0 radical (unpaired) electrons. The summed E-state index contributed by atoms with van der Waals surface area (Å²) in [7, 11) is 0. The third-order valence-corrected chi connectivity index (χ3v) is 6.93. The van der Waals surface area contributed by atoms with Gasteiger partial charge in [-0.05, 0) is 36.1 Å². The van der Waals surface area contributed by atoms with Crippen LogP contribution in [0.2, 0.25) is 0 Å². The molecule has 10 nitrogen and oxygen atoms in total. The maximum atomic E-state index is 13.3. The molecule has 2 atom stereocenters. The average molecular weight is 578 g/mol. The van der Waals surface area contributed by atoms with E-state index in [4.69, 9.17) is 14.4 Å². The Labute approximate surface area is 246 Å². The van der Waals surface area contributed by atoms with Crippen LogP contribution in [0.3, 0.4) is 0 Å². The van der Waals surface area contributed by atoms with Crippen LogP contribution < -0.4 is 10.6 Å². The number of furan rings is 1. The third kappa shape index (κ3) is 9.59. The molecule has 1 aromatic heterocycles. The third-order valence-electron chi connectivity index (χ3n) is 6.93. The van der Waals surface area contributed by atoms with Crippen LogP contribution in [0, 0.1) is 5.92 Å². The molecule has 3 rings (SSSR count). The Morgan fingerprint density at radius 1 is 0.952 bits per heavy atom. The Bertz CT molecular complexity index is 1290. The lowest BCUT2D eigenvalue weighted by Crippen LogP contribution is -2.48. The highest BCUT2D eigenvalue weighted by atomic mass is 16.7. The fraction of sp³-hybridized carbons (Fsp3) is 0.375. The van der Waals surface area contributed by atoms with Gasteiger partial charge in [-0.3, -0.25) is 24.0 Å². The van der Waals surface area contributed by atoms with E-state index in [0.717, 1.165) is 24.8 Å². The predicted molar refractivity (Wildman–Crippen MR) is 157 cm³/mol. The lowest BCUT2D eigenvalue weighted by molar-refractivity contribution is -0.200. The number of carbonyl (C=O) groups excluding carboxylic acids is 3. The van der Waals surface area contributed by atoms with Gasteiger partial charge in [-0.15, -0.1) is 0 Å². The Balaban J connectivity index is 1.59. The summed E-state index contributed by atoms with van der Waals surface area (Å²) in [6.07, 6.45) is 4.37. The summed E-state index contributed by atoms with van der Waals surface area (Å²) >= 11 is 0. The minimum Gasteiger partial charge on any atom is -0.481 e. The van der Waals surface area contributed by atoms with Gasteiger partial charge >= 0.3 is 5.97 Å². The van der Waals surface area contributed by atoms with Crippen LogP contribution in [0.5, 0.6) is 0 Å². The molecule has 224 valence electrons. The molecule has 0 saturated heterocycles. The number of nitrogens with zero attached hydrogens (tertiary/aromatic N) is 1. The molecule has 2 aromatic carbocycles. The van der Waals surface area contributed by atoms with Crippen LogP contribution in [-0.4, -0.2) is 47.1 Å². The first-order chi connectivity index (χ1) is 20.4. The molecule has 0 aliphatic carbocycles. The zero-order valence-corrected chi connectivity index (χ0v) is 24.1. The van der Waals surface area contributed by atoms with E-state index in [9.17, 15) is 19.2 Å². The van der Waals surface area contributed by atoms with Gasteiger partial charge in [0.1, 0.15) is 12.4 Å². The molecular weight excluding hydrogens is 538 g/mol. The number of rotatable bonds is 18. The second-order valence-corrected chi connectivity index (χ2v) is 9.96. The molecule has 0 saturated carbocycles. The van der Waals surface area contributed by atoms with Gasteiger partial charge in [0, 0.05) is 5.56 Å². The first-order valence-corrected chi connectivity index (χ1v) is 14.2. The summed E-state index contributed by atoms with van der Waals surface area (Å²) in [4.78, 5) is 54.7. The summed E-state index contributed by atoms with van der Waals surface area (Å²) in [5, 5.41) is 15.6. The van der Waals surface area contributed by atoms with E-state index in [0.29, 0.717) is 36.1 Å². The maximum Gasteiger partial charge on any atom is 0.307 e. The fourth-order valence-corrected chi connectivity index (χ4v) is 4.69. The Kier molecular flexibility index (Phi) is 12.8. The van der Waals surface area contributed by atoms with Crippen molar-refractivity contribution in [3.8, 4) is 11.3 Å². The number of carboxylic acid groups (broad SMARTS) is 1. The summed E-state index contributed by atoms with van der Waals surface area (Å²) in [6, 6.07) is 19.0. The zero-order valence-electron chi connectivity index (χ0n) is 24.1. The number of benzene rings is 2. The van der Waals surface area contributed by atoms with Crippen LogP contribution in [-0.2, 0) is 32.2 Å². The molecule has 0 spiro atoms. The van der Waals surface area contributed by atoms with Crippen LogP contribution in [0.25, 0.3) is 11.3 Å². The Morgan fingerprint density at radius 2 is 1.69 bits per heavy atom. The van der Waals surface area contributed by atoms with E-state index in [-0.39, 0.29) is 31.4 Å². The van der Waals surface area contributed by atoms with Crippen molar-refractivity contribution in [3.63, 3.8) is 0 Å². The van der Waals surface area contributed by atoms with Crippen LogP contribution >= 0.6 is 0 Å². The highest BCUT2D eigenvalue weighted by Gasteiger charge is 2.32. The summed E-state index contributed by atoms with van der Waals surface area (Å²) in [6.45, 7) is 4.07. The first-order valence-electron chi connectivity index (χ1n) is 14.2. The van der Waals surface area contributed by atoms with E-state index < -0.39 is 23.8 Å². The molecule has 0 unspecified atom stereocenters. The van der Waals surface area contributed by atoms with Crippen LogP contribution in [0.1, 0.15) is 67.6 Å². The molecule has 0 aliphatic rings. The van der Waals surface area contributed by atoms with Crippen molar-refractivity contribution in [1.82, 2.24) is 15.7 Å². The van der Waals surface area contributed by atoms with Gasteiger partial charge < -0.3 is 20.2 Å². The second-order valence-electron chi connectivity index (χ2n) is 9.96. The van der Waals surface area contributed by atoms with Gasteiger partial charge in [-0.1, -0.05) is 87.7 Å². The number of amides is 3. The molecule has 0 fully saturated rings. The SMILES string of the molecule is CCCCC[C@@H](C(=O)NCNC(=O)c1ccc(-c2ccc(CC(=O)O)cc2)o1)[C@@H](CC)N(C=O)OCc1ccccc1. The van der Waals surface area contributed by atoms with Gasteiger partial charge in [-0.25, -0.2) is 5.06 Å². The van der Waals surface area contributed by atoms with Crippen molar-refractivity contribution in [3.05, 3.63) is 83.6 Å². The van der Waals surface area contributed by atoms with E-state index >= 15 is 0 Å². The predicted octanol–water partition coefficient (Wildman–Crippen LogP) is 4.94. The van der Waals surface area contributed by atoms with Crippen molar-refractivity contribution in [2.75, 3.05) is 6.67 Å². The van der Waals surface area contributed by atoms with Crippen molar-refractivity contribution >= 4 is 24.2 Å². The lowest BCUT2D eigenvalue weighted by Gasteiger charge is -2.32. The van der Waals surface area contributed by atoms with Gasteiger partial charge in [0.2, 0.25) is 12.3 Å². The lowest BCUT2D eigenvalue weighted by atomic mass is 9.90. The van der Waals surface area contributed by atoms with Gasteiger partial charge in [0.15, 0.2) is 5.76 Å². The van der Waals surface area contributed by atoms with Crippen molar-refractivity contribution in [1.29, 1.82) is 0 Å². The minimum absolute atomic E-state index is 0.0706. The molecule has 10 heteroatoms. The highest BCUT2D eigenvalue weighted by Crippen LogP contribution is 2.24. The van der Waals surface area contributed by atoms with Gasteiger partial charge in [0.25, 0.3) is 5.91 Å². The first kappa shape index (κ1) is 32.1. The topological polar surface area (TPSA) is 138 Å². The molecule has 42 heavy (non-hydrogen) atoms. The number of hydroxylamine groups is 2. The second kappa shape index (κ2) is 16.7. The van der Waals surface area contributed by atoms with E-state index in [1.807, 2.05) is 37.3 Å². The van der Waals surface area contributed by atoms with E-state index in [1.165, 1.54) is 11.1 Å². The maximum absolute atomic E-state index is 13.3. The van der Waals surface area contributed by atoms with Crippen molar-refractivity contribution < 1.29 is 33.5 Å². The summed E-state index contributed by atoms with van der Waals surface area (Å²) in [5.41, 5.74) is 2.26. The number of unbranched alkanes of at least 4 members (excludes halogenated alkanes) is 2. The van der Waals surface area contributed by atoms with Gasteiger partial charge in [0.05, 0.1) is 25.0 Å². The molecular formula is C32H39N3O7. The number of carbonyl (C=O) groups is 4. The molecule has 1 heterocycles. The Morgan fingerprint density at radius 3 is 2.33 bits per heavy atom. The molecule has 3 amide bonds. The van der Waals surface area contributed by atoms with Crippen LogP contribution in [0.4, 0.5) is 0 Å². The van der Waals surface area contributed by atoms with Gasteiger partial charge in [-0.2, -0.15) is 0 Å². The summed E-state index contributed by atoms with van der Waals surface area (Å²) < 4.78 is 5.68. The smallest absolute Gasteiger partial charge is 0.307 e. The summed E-state index contributed by atoms with van der Waals surface area (Å²) in [5.74, 6) is -1.70. The molecule has 0 bridgehead atoms. The van der Waals surface area contributed by atoms with Crippen molar-refractivity contribution in [2.24, 2.45) is 5.92 Å². The largest absolute Gasteiger partial charge is 0.481 e. The quantitative estimate of drug-likeness (QED) is 0.0842. The zero-order chi connectivity index (χ0) is 30.3. The fourth-order valence-electron chi connectivity index (χ4n) is 4.69. The number of hydrogen-bond donors (Lipinski definition) is 3. The van der Waals surface area contributed by atoms with Crippen LogP contribution in [0.15, 0.2) is 71.1 Å². The number of hydrogen-bond acceptors (Lipinski definition) is 6. The van der Waals surface area contributed by atoms with E-state index in [2.05, 4.69) is 17.6 Å². The molecule has 3 N–H and O–H groups in total. The molecule has 0 aliphatic heterocycles. The Hall–Kier alpha value is -4.44. The standard InChI is InChI=1S/C32H39N3O7/c1-3-5-7-12-26(27(4-2)35(22-36)41-20-24-10-8-6-9-11-24)31(39)33-21-34-32(40)29-18-17-28(42-29)25-15-13-23(14-16-25)19-30(37)38/h6,8-11,13-18,22,26-27H,3-5,7,12,19-21H2,1-2H3,(H,33,39)(H,34,40)(H,37,38)/t26-,27-/m1/s1. The highest BCUT2D eigenvalue weighted by molar-refractivity contribution is 5.92. The minimum atomic E-state index is -0.915. The monoisotopic (exact) mass is 577 g/mol. The normalized spacial score (nSPS) is 12.2. The number of carboxylic acids is 1. The molecule has 3 aromatic rings. The number of nitrogens with one attached hydrogen (secondary N) is 2. The average Bonchev–Trinajstić information content (AvgIpc) is 3.49.